The zero-order chi connectivity index (χ0) is 14.0. The van der Waals surface area contributed by atoms with Crippen LogP contribution in [0.2, 0.25) is 0 Å². The van der Waals surface area contributed by atoms with Gasteiger partial charge >= 0.3 is 5.97 Å². The summed E-state index contributed by atoms with van der Waals surface area (Å²) >= 11 is 3.34. The lowest BCUT2D eigenvalue weighted by atomic mass is 9.83. The smallest absolute Gasteiger partial charge is 0.333 e. The average molecular weight is 320 g/mol. The van der Waals surface area contributed by atoms with E-state index in [-0.39, 0.29) is 0 Å². The largest absolute Gasteiger partial charge is 0.479 e. The Morgan fingerprint density at radius 2 is 1.74 bits per heavy atom. The number of hydrogen-bond donors (Lipinski definition) is 2. The molecule has 1 atom stereocenters. The van der Waals surface area contributed by atoms with Gasteiger partial charge in [-0.3, -0.25) is 0 Å². The van der Waals surface area contributed by atoms with Crippen LogP contribution in [-0.2, 0) is 10.3 Å². The fourth-order valence-electron chi connectivity index (χ4n) is 2.04. The van der Waals surface area contributed by atoms with Gasteiger partial charge in [-0.25, -0.2) is 4.79 Å². The number of aliphatic carboxylic acids is 1. The van der Waals surface area contributed by atoms with Crippen molar-refractivity contribution in [3.63, 3.8) is 0 Å². The highest BCUT2D eigenvalue weighted by Crippen LogP contribution is 2.29. The first kappa shape index (κ1) is 13.8. The maximum absolute atomic E-state index is 11.7. The summed E-state index contributed by atoms with van der Waals surface area (Å²) in [6.45, 7) is 1.91. The summed E-state index contributed by atoms with van der Waals surface area (Å²) in [4.78, 5) is 11.7. The molecular formula is C15H14BrNO2. The summed E-state index contributed by atoms with van der Waals surface area (Å²) in [5.41, 5.74) is 6.74. The minimum atomic E-state index is -1.55. The van der Waals surface area contributed by atoms with E-state index in [0.29, 0.717) is 11.1 Å². The summed E-state index contributed by atoms with van der Waals surface area (Å²) in [7, 11) is 0. The number of benzene rings is 2. The zero-order valence-electron chi connectivity index (χ0n) is 10.4. The van der Waals surface area contributed by atoms with Crippen molar-refractivity contribution in [2.75, 3.05) is 0 Å². The number of rotatable bonds is 3. The molecule has 0 spiro atoms. The van der Waals surface area contributed by atoms with Gasteiger partial charge in [0.2, 0.25) is 0 Å². The predicted octanol–water partition coefficient (Wildman–Crippen LogP) is 3.04. The van der Waals surface area contributed by atoms with Gasteiger partial charge < -0.3 is 10.8 Å². The molecule has 3 N–H and O–H groups in total. The van der Waals surface area contributed by atoms with Gasteiger partial charge in [-0.1, -0.05) is 57.9 Å². The number of carboxylic acid groups (broad SMARTS) is 1. The van der Waals surface area contributed by atoms with Crippen molar-refractivity contribution in [1.29, 1.82) is 0 Å². The highest BCUT2D eigenvalue weighted by atomic mass is 79.9. The lowest BCUT2D eigenvalue weighted by molar-refractivity contribution is -0.142. The molecule has 0 fully saturated rings. The molecule has 0 radical (unpaired) electrons. The fraction of sp³-hybridized carbons (Fsp3) is 0.133. The van der Waals surface area contributed by atoms with E-state index in [1.807, 2.05) is 25.1 Å². The second-order valence-corrected chi connectivity index (χ2v) is 5.41. The standard InChI is InChI=1S/C15H14BrNO2/c1-10-4-2-5-11(8-10)15(17,14(18)19)12-6-3-7-13(16)9-12/h2-9H,17H2,1H3,(H,18,19)/t15-/m1/s1. The van der Waals surface area contributed by atoms with Gasteiger partial charge in [0, 0.05) is 4.47 Å². The van der Waals surface area contributed by atoms with Crippen LogP contribution >= 0.6 is 15.9 Å². The van der Waals surface area contributed by atoms with Gasteiger partial charge in [-0.15, -0.1) is 0 Å². The minimum Gasteiger partial charge on any atom is -0.479 e. The van der Waals surface area contributed by atoms with Gasteiger partial charge in [0.25, 0.3) is 0 Å². The molecule has 0 saturated heterocycles. The third kappa shape index (κ3) is 2.55. The number of halogens is 1. The summed E-state index contributed by atoms with van der Waals surface area (Å²) in [5.74, 6) is -1.07. The highest BCUT2D eigenvalue weighted by Gasteiger charge is 2.38. The monoisotopic (exact) mass is 319 g/mol. The van der Waals surface area contributed by atoms with Crippen LogP contribution in [0.4, 0.5) is 0 Å². The molecule has 2 aromatic rings. The first-order valence-corrected chi connectivity index (χ1v) is 6.59. The molecule has 2 aromatic carbocycles. The molecular weight excluding hydrogens is 306 g/mol. The quantitative estimate of drug-likeness (QED) is 0.914. The van der Waals surface area contributed by atoms with Crippen molar-refractivity contribution in [2.24, 2.45) is 5.73 Å². The first-order chi connectivity index (χ1) is 8.94. The summed E-state index contributed by atoms with van der Waals surface area (Å²) in [6, 6.07) is 14.3. The fourth-order valence-corrected chi connectivity index (χ4v) is 2.44. The summed E-state index contributed by atoms with van der Waals surface area (Å²) in [6.07, 6.45) is 0. The first-order valence-electron chi connectivity index (χ1n) is 5.80. The Bertz CT molecular complexity index is 580. The van der Waals surface area contributed by atoms with Crippen LogP contribution in [0.1, 0.15) is 16.7 Å². The Labute approximate surface area is 120 Å². The third-order valence-electron chi connectivity index (χ3n) is 3.09. The van der Waals surface area contributed by atoms with Gasteiger partial charge in [-0.05, 0) is 30.2 Å². The number of hydrogen-bond acceptors (Lipinski definition) is 2. The highest BCUT2D eigenvalue weighted by molar-refractivity contribution is 9.10. The SMILES string of the molecule is Cc1cccc([C@](N)(C(=O)O)c2cccc(Br)c2)c1. The van der Waals surface area contributed by atoms with Gasteiger partial charge in [0.1, 0.15) is 0 Å². The van der Waals surface area contributed by atoms with Gasteiger partial charge in [0.05, 0.1) is 0 Å². The van der Waals surface area contributed by atoms with Crippen molar-refractivity contribution >= 4 is 21.9 Å². The Morgan fingerprint density at radius 1 is 1.16 bits per heavy atom. The molecule has 4 heteroatoms. The molecule has 0 saturated carbocycles. The summed E-state index contributed by atoms with van der Waals surface area (Å²) < 4.78 is 0.800. The lowest BCUT2D eigenvalue weighted by Crippen LogP contribution is -2.46. The maximum Gasteiger partial charge on any atom is 0.333 e. The molecule has 0 bridgehead atoms. The molecule has 0 amide bonds. The van der Waals surface area contributed by atoms with Crippen LogP contribution in [0.15, 0.2) is 53.0 Å². The minimum absolute atomic E-state index is 0.542. The van der Waals surface area contributed by atoms with E-state index < -0.39 is 11.5 Å². The van der Waals surface area contributed by atoms with E-state index in [9.17, 15) is 9.90 Å². The predicted molar refractivity (Wildman–Crippen MR) is 77.9 cm³/mol. The molecule has 19 heavy (non-hydrogen) atoms. The van der Waals surface area contributed by atoms with Crippen molar-refractivity contribution in [3.8, 4) is 0 Å². The van der Waals surface area contributed by atoms with Crippen molar-refractivity contribution in [2.45, 2.75) is 12.5 Å². The van der Waals surface area contributed by atoms with Crippen LogP contribution in [0, 0.1) is 6.92 Å². The number of nitrogens with two attached hydrogens (primary N) is 1. The molecule has 0 aliphatic rings. The van der Waals surface area contributed by atoms with E-state index >= 15 is 0 Å². The second kappa shape index (κ2) is 5.15. The van der Waals surface area contributed by atoms with Crippen LogP contribution in [0.25, 0.3) is 0 Å². The zero-order valence-corrected chi connectivity index (χ0v) is 12.0. The number of carboxylic acids is 1. The van der Waals surface area contributed by atoms with Gasteiger partial charge in [-0.2, -0.15) is 0 Å². The Hall–Kier alpha value is -1.65. The average Bonchev–Trinajstić information content (AvgIpc) is 2.37. The molecule has 0 aliphatic carbocycles. The van der Waals surface area contributed by atoms with Gasteiger partial charge in [0.15, 0.2) is 5.54 Å². The Balaban J connectivity index is 2.65. The van der Waals surface area contributed by atoms with Crippen molar-refractivity contribution in [1.82, 2.24) is 0 Å². The van der Waals surface area contributed by atoms with Crippen LogP contribution in [0.5, 0.6) is 0 Å². The normalized spacial score (nSPS) is 13.8. The van der Waals surface area contributed by atoms with Crippen molar-refractivity contribution < 1.29 is 9.90 Å². The van der Waals surface area contributed by atoms with E-state index in [2.05, 4.69) is 15.9 Å². The lowest BCUT2D eigenvalue weighted by Gasteiger charge is -2.26. The van der Waals surface area contributed by atoms with Crippen LogP contribution in [-0.4, -0.2) is 11.1 Å². The molecule has 98 valence electrons. The van der Waals surface area contributed by atoms with E-state index in [0.717, 1.165) is 10.0 Å². The Kier molecular flexibility index (Phi) is 3.73. The molecule has 0 heterocycles. The Morgan fingerprint density at radius 3 is 2.26 bits per heavy atom. The van der Waals surface area contributed by atoms with E-state index in [1.165, 1.54) is 0 Å². The third-order valence-corrected chi connectivity index (χ3v) is 3.58. The van der Waals surface area contributed by atoms with E-state index in [1.54, 1.807) is 30.3 Å². The molecule has 0 unspecified atom stereocenters. The molecule has 0 aliphatic heterocycles. The molecule has 2 rings (SSSR count). The molecule has 3 nitrogen and oxygen atoms in total. The number of carbonyl (C=O) groups is 1. The molecule has 0 aromatic heterocycles. The maximum atomic E-state index is 11.7. The second-order valence-electron chi connectivity index (χ2n) is 4.49. The van der Waals surface area contributed by atoms with Crippen LogP contribution in [0.3, 0.4) is 0 Å². The summed E-state index contributed by atoms with van der Waals surface area (Å²) in [5, 5.41) is 9.58. The van der Waals surface area contributed by atoms with Crippen LogP contribution < -0.4 is 5.73 Å². The topological polar surface area (TPSA) is 63.3 Å². The number of aryl methyl sites for hydroxylation is 1. The van der Waals surface area contributed by atoms with E-state index in [4.69, 9.17) is 5.73 Å². The van der Waals surface area contributed by atoms with Crippen molar-refractivity contribution in [3.05, 3.63) is 69.7 Å².